The van der Waals surface area contributed by atoms with Crippen molar-refractivity contribution in [2.24, 2.45) is 0 Å². The summed E-state index contributed by atoms with van der Waals surface area (Å²) < 4.78 is 5.10. The molecular weight excluding hydrogens is 168 g/mol. The second-order valence-electron chi connectivity index (χ2n) is 2.69. The lowest BCUT2D eigenvalue weighted by Gasteiger charge is -2.01. The van der Waals surface area contributed by atoms with Crippen LogP contribution in [-0.4, -0.2) is 12.3 Å². The number of hydrogen-bond donors (Lipinski definition) is 1. The molecule has 13 heavy (non-hydrogen) atoms. The van der Waals surface area contributed by atoms with E-state index in [9.17, 15) is 0 Å². The van der Waals surface area contributed by atoms with E-state index in [0.717, 1.165) is 16.5 Å². The molecule has 4 heteroatoms. The molecule has 0 bridgehead atoms. The predicted molar refractivity (Wildman–Crippen MR) is 47.9 cm³/mol. The first kappa shape index (κ1) is 8.22. The zero-order chi connectivity index (χ0) is 9.10. The van der Waals surface area contributed by atoms with Gasteiger partial charge >= 0.3 is 0 Å². The Morgan fingerprint density at radius 3 is 3.31 bits per heavy atom. The van der Waals surface area contributed by atoms with Crippen molar-refractivity contribution in [1.82, 2.24) is 10.6 Å². The molecule has 0 aliphatic rings. The summed E-state index contributed by atoms with van der Waals surface area (Å²) in [6.45, 7) is 0.614. The van der Waals surface area contributed by atoms with Gasteiger partial charge in [-0.3, -0.25) is 0 Å². The standard InChI is InChI=1S/C9H10N2O2/c1-12-10-5-7-3-2-4-8-6-11-13-9(7)8/h2-4,6,10H,5H2,1H3. The zero-order valence-electron chi connectivity index (χ0n) is 7.28. The molecule has 4 nitrogen and oxygen atoms in total. The summed E-state index contributed by atoms with van der Waals surface area (Å²) in [5.74, 6) is 0. The molecule has 68 valence electrons. The molecule has 0 fully saturated rings. The maximum Gasteiger partial charge on any atom is 0.171 e. The molecule has 1 heterocycles. The lowest BCUT2D eigenvalue weighted by atomic mass is 10.2. The van der Waals surface area contributed by atoms with Crippen molar-refractivity contribution in [3.05, 3.63) is 30.0 Å². The van der Waals surface area contributed by atoms with Crippen LogP contribution in [0.1, 0.15) is 5.56 Å². The van der Waals surface area contributed by atoms with Gasteiger partial charge < -0.3 is 9.36 Å². The van der Waals surface area contributed by atoms with Crippen molar-refractivity contribution in [3.8, 4) is 0 Å². The molecule has 0 aliphatic heterocycles. The van der Waals surface area contributed by atoms with Crippen molar-refractivity contribution < 1.29 is 9.36 Å². The molecule has 2 aromatic rings. The Balaban J connectivity index is 2.37. The minimum atomic E-state index is 0.614. The van der Waals surface area contributed by atoms with Crippen LogP contribution in [0.2, 0.25) is 0 Å². The van der Waals surface area contributed by atoms with Crippen molar-refractivity contribution in [1.29, 1.82) is 0 Å². The quantitative estimate of drug-likeness (QED) is 0.723. The molecule has 0 spiro atoms. The van der Waals surface area contributed by atoms with Gasteiger partial charge in [-0.15, -0.1) is 0 Å². The molecule has 0 amide bonds. The molecule has 2 rings (SSSR count). The van der Waals surface area contributed by atoms with Crippen LogP contribution >= 0.6 is 0 Å². The summed E-state index contributed by atoms with van der Waals surface area (Å²) in [5.41, 5.74) is 4.61. The Labute approximate surface area is 75.4 Å². The highest BCUT2D eigenvalue weighted by Gasteiger charge is 2.03. The van der Waals surface area contributed by atoms with Crippen LogP contribution in [0.5, 0.6) is 0 Å². The van der Waals surface area contributed by atoms with Crippen LogP contribution in [0.25, 0.3) is 11.0 Å². The van der Waals surface area contributed by atoms with Gasteiger partial charge in [0.1, 0.15) is 0 Å². The highest BCUT2D eigenvalue weighted by molar-refractivity contribution is 5.78. The Bertz CT molecular complexity index is 397. The maximum absolute atomic E-state index is 5.10. The lowest BCUT2D eigenvalue weighted by Crippen LogP contribution is -2.10. The first-order valence-electron chi connectivity index (χ1n) is 4.00. The van der Waals surface area contributed by atoms with Crippen LogP contribution < -0.4 is 5.48 Å². The number of hydroxylamine groups is 1. The van der Waals surface area contributed by atoms with Crippen molar-refractivity contribution in [3.63, 3.8) is 0 Å². The number of benzene rings is 1. The van der Waals surface area contributed by atoms with Gasteiger partial charge in [-0.05, 0) is 6.07 Å². The first-order chi connectivity index (χ1) is 6.42. The zero-order valence-corrected chi connectivity index (χ0v) is 7.28. The molecule has 0 radical (unpaired) electrons. The minimum Gasteiger partial charge on any atom is -0.356 e. The fourth-order valence-corrected chi connectivity index (χ4v) is 1.24. The molecule has 0 atom stereocenters. The van der Waals surface area contributed by atoms with E-state index in [0.29, 0.717) is 6.54 Å². The van der Waals surface area contributed by atoms with Crippen LogP contribution in [0.15, 0.2) is 28.9 Å². The van der Waals surface area contributed by atoms with Gasteiger partial charge in [0.25, 0.3) is 0 Å². The number of hydrogen-bond acceptors (Lipinski definition) is 4. The summed E-state index contributed by atoms with van der Waals surface area (Å²) in [4.78, 5) is 4.76. The molecule has 1 aromatic heterocycles. The average molecular weight is 178 g/mol. The summed E-state index contributed by atoms with van der Waals surface area (Å²) in [6, 6.07) is 5.90. The van der Waals surface area contributed by atoms with Crippen molar-refractivity contribution in [2.45, 2.75) is 6.54 Å². The first-order valence-corrected chi connectivity index (χ1v) is 4.00. The Kier molecular flexibility index (Phi) is 2.25. The number of nitrogens with zero attached hydrogens (tertiary/aromatic N) is 1. The Morgan fingerprint density at radius 2 is 2.46 bits per heavy atom. The Hall–Kier alpha value is -1.39. The highest BCUT2D eigenvalue weighted by Crippen LogP contribution is 2.17. The lowest BCUT2D eigenvalue weighted by molar-refractivity contribution is 0.0867. The smallest absolute Gasteiger partial charge is 0.171 e. The van der Waals surface area contributed by atoms with Gasteiger partial charge in [0.2, 0.25) is 0 Å². The van der Waals surface area contributed by atoms with Crippen LogP contribution in [0, 0.1) is 0 Å². The third-order valence-electron chi connectivity index (χ3n) is 1.87. The number of aromatic nitrogens is 1. The van der Waals surface area contributed by atoms with Crippen molar-refractivity contribution >= 4 is 11.0 Å². The normalized spacial score (nSPS) is 10.8. The van der Waals surface area contributed by atoms with Gasteiger partial charge in [0, 0.05) is 17.5 Å². The van der Waals surface area contributed by atoms with E-state index < -0.39 is 0 Å². The van der Waals surface area contributed by atoms with E-state index in [1.54, 1.807) is 13.3 Å². The van der Waals surface area contributed by atoms with Crippen LogP contribution in [0.4, 0.5) is 0 Å². The largest absolute Gasteiger partial charge is 0.356 e. The van der Waals surface area contributed by atoms with E-state index in [-0.39, 0.29) is 0 Å². The van der Waals surface area contributed by atoms with Gasteiger partial charge in [-0.1, -0.05) is 17.3 Å². The second-order valence-corrected chi connectivity index (χ2v) is 2.69. The maximum atomic E-state index is 5.10. The summed E-state index contributed by atoms with van der Waals surface area (Å²) in [6.07, 6.45) is 1.70. The third kappa shape index (κ3) is 1.54. The summed E-state index contributed by atoms with van der Waals surface area (Å²) in [7, 11) is 1.58. The minimum absolute atomic E-state index is 0.614. The SMILES string of the molecule is CONCc1cccc2cnoc12. The number of rotatable bonds is 3. The van der Waals surface area contributed by atoms with E-state index in [4.69, 9.17) is 9.36 Å². The highest BCUT2D eigenvalue weighted by atomic mass is 16.6. The number of para-hydroxylation sites is 1. The fraction of sp³-hybridized carbons (Fsp3) is 0.222. The van der Waals surface area contributed by atoms with Gasteiger partial charge in [-0.2, -0.15) is 5.48 Å². The number of fused-ring (bicyclic) bond motifs is 1. The molecule has 0 unspecified atom stereocenters. The molecule has 0 saturated heterocycles. The molecule has 0 aliphatic carbocycles. The molecule has 0 saturated carbocycles. The molecule has 1 aromatic carbocycles. The predicted octanol–water partition coefficient (Wildman–Crippen LogP) is 1.48. The topological polar surface area (TPSA) is 47.3 Å². The van der Waals surface area contributed by atoms with Gasteiger partial charge in [0.15, 0.2) is 5.58 Å². The van der Waals surface area contributed by atoms with E-state index >= 15 is 0 Å². The van der Waals surface area contributed by atoms with E-state index in [2.05, 4.69) is 10.6 Å². The average Bonchev–Trinajstić information content (AvgIpc) is 2.62. The summed E-state index contributed by atoms with van der Waals surface area (Å²) >= 11 is 0. The number of nitrogens with one attached hydrogen (secondary N) is 1. The second kappa shape index (κ2) is 3.55. The van der Waals surface area contributed by atoms with E-state index in [1.807, 2.05) is 18.2 Å². The monoisotopic (exact) mass is 178 g/mol. The van der Waals surface area contributed by atoms with Gasteiger partial charge in [-0.25, -0.2) is 0 Å². The van der Waals surface area contributed by atoms with E-state index in [1.165, 1.54) is 0 Å². The van der Waals surface area contributed by atoms with Crippen LogP contribution in [0.3, 0.4) is 0 Å². The van der Waals surface area contributed by atoms with Gasteiger partial charge in [0.05, 0.1) is 13.3 Å². The molecule has 1 N–H and O–H groups in total. The van der Waals surface area contributed by atoms with Crippen LogP contribution in [-0.2, 0) is 11.4 Å². The van der Waals surface area contributed by atoms with Crippen molar-refractivity contribution in [2.75, 3.05) is 7.11 Å². The molecular formula is C9H10N2O2. The third-order valence-corrected chi connectivity index (χ3v) is 1.87. The Morgan fingerprint density at radius 1 is 1.54 bits per heavy atom. The summed E-state index contributed by atoms with van der Waals surface area (Å²) in [5, 5.41) is 4.74. The fourth-order valence-electron chi connectivity index (χ4n) is 1.24.